The van der Waals surface area contributed by atoms with Crippen LogP contribution in [0.3, 0.4) is 0 Å². The zero-order valence-corrected chi connectivity index (χ0v) is 16.4. The molecule has 152 valence electrons. The van der Waals surface area contributed by atoms with E-state index in [1.807, 2.05) is 0 Å². The molecule has 0 saturated carbocycles. The van der Waals surface area contributed by atoms with Gasteiger partial charge in [0.2, 0.25) is 6.41 Å². The molecule has 2 heterocycles. The number of carbonyl (C=O) groups is 3. The second-order valence-corrected chi connectivity index (χ2v) is 6.51. The fourth-order valence-corrected chi connectivity index (χ4v) is 3.05. The van der Waals surface area contributed by atoms with Gasteiger partial charge in [0.1, 0.15) is 17.3 Å². The topological polar surface area (TPSA) is 105 Å². The number of piperazine rings is 1. The summed E-state index contributed by atoms with van der Waals surface area (Å²) in [5.41, 5.74) is 1.17. The van der Waals surface area contributed by atoms with Crippen molar-refractivity contribution in [3.8, 4) is 0 Å². The minimum atomic E-state index is -0.439. The third-order valence-corrected chi connectivity index (χ3v) is 4.49. The van der Waals surface area contributed by atoms with Crippen LogP contribution in [0.15, 0.2) is 30.3 Å². The van der Waals surface area contributed by atoms with Crippen LogP contribution in [0, 0.1) is 6.92 Å². The summed E-state index contributed by atoms with van der Waals surface area (Å²) in [5.74, 6) is 0.177. The van der Waals surface area contributed by atoms with E-state index >= 15 is 0 Å². The number of amides is 2. The van der Waals surface area contributed by atoms with Gasteiger partial charge in [-0.3, -0.25) is 9.59 Å². The van der Waals surface area contributed by atoms with Gasteiger partial charge in [-0.15, -0.1) is 0 Å². The van der Waals surface area contributed by atoms with Crippen molar-refractivity contribution in [2.75, 3.05) is 38.1 Å². The van der Waals surface area contributed by atoms with Crippen LogP contribution in [0.1, 0.15) is 33.6 Å². The lowest BCUT2D eigenvalue weighted by Gasteiger charge is -2.32. The molecule has 9 nitrogen and oxygen atoms in total. The van der Waals surface area contributed by atoms with E-state index < -0.39 is 5.97 Å². The molecule has 0 atom stereocenters. The van der Waals surface area contributed by atoms with E-state index in [9.17, 15) is 14.4 Å². The molecule has 1 aliphatic rings. The van der Waals surface area contributed by atoms with Gasteiger partial charge < -0.3 is 19.9 Å². The van der Waals surface area contributed by atoms with Gasteiger partial charge in [0.25, 0.3) is 5.91 Å². The highest BCUT2D eigenvalue weighted by Gasteiger charge is 2.23. The SMILES string of the molecule is CCOC(=O)c1ccccc1Nc1cc(C(=O)N2CCN(C=O)CC2)nc(C)n1. The van der Waals surface area contributed by atoms with Gasteiger partial charge in [-0.05, 0) is 26.0 Å². The molecule has 0 unspecified atom stereocenters. The normalized spacial score (nSPS) is 13.7. The molecule has 1 fully saturated rings. The minimum Gasteiger partial charge on any atom is -0.462 e. The number of nitrogens with zero attached hydrogens (tertiary/aromatic N) is 4. The molecule has 2 amide bonds. The Hall–Kier alpha value is -3.49. The molecule has 29 heavy (non-hydrogen) atoms. The van der Waals surface area contributed by atoms with Gasteiger partial charge in [0.05, 0.1) is 17.9 Å². The minimum absolute atomic E-state index is 0.220. The molecule has 0 spiro atoms. The van der Waals surface area contributed by atoms with E-state index in [1.54, 1.807) is 54.0 Å². The number of carbonyl (C=O) groups excluding carboxylic acids is 3. The molecule has 0 bridgehead atoms. The van der Waals surface area contributed by atoms with Gasteiger partial charge >= 0.3 is 5.97 Å². The number of rotatable bonds is 6. The number of esters is 1. The van der Waals surface area contributed by atoms with Crippen LogP contribution in [0.25, 0.3) is 0 Å². The fourth-order valence-electron chi connectivity index (χ4n) is 3.05. The number of ether oxygens (including phenoxy) is 1. The van der Waals surface area contributed by atoms with Gasteiger partial charge in [0, 0.05) is 32.2 Å². The van der Waals surface area contributed by atoms with Crippen LogP contribution in [-0.4, -0.2) is 70.8 Å². The molecule has 1 N–H and O–H groups in total. The first-order valence-electron chi connectivity index (χ1n) is 9.39. The Balaban J connectivity index is 1.81. The predicted molar refractivity (Wildman–Crippen MR) is 106 cm³/mol. The van der Waals surface area contributed by atoms with Crippen LogP contribution in [0.2, 0.25) is 0 Å². The monoisotopic (exact) mass is 397 g/mol. The second kappa shape index (κ2) is 9.13. The highest BCUT2D eigenvalue weighted by molar-refractivity contribution is 5.97. The average Bonchev–Trinajstić information content (AvgIpc) is 2.73. The zero-order chi connectivity index (χ0) is 20.8. The van der Waals surface area contributed by atoms with Gasteiger partial charge in [-0.1, -0.05) is 12.1 Å². The number of nitrogens with one attached hydrogen (secondary N) is 1. The van der Waals surface area contributed by atoms with Gasteiger partial charge in [-0.25, -0.2) is 14.8 Å². The van der Waals surface area contributed by atoms with Crippen molar-refractivity contribution in [3.63, 3.8) is 0 Å². The number of anilines is 2. The Morgan fingerprint density at radius 2 is 1.90 bits per heavy atom. The van der Waals surface area contributed by atoms with Gasteiger partial charge in [0.15, 0.2) is 0 Å². The highest BCUT2D eigenvalue weighted by Crippen LogP contribution is 2.21. The van der Waals surface area contributed by atoms with Crippen molar-refractivity contribution in [1.82, 2.24) is 19.8 Å². The Morgan fingerprint density at radius 1 is 1.17 bits per heavy atom. The maximum Gasteiger partial charge on any atom is 0.340 e. The average molecular weight is 397 g/mol. The summed E-state index contributed by atoms with van der Waals surface area (Å²) in [5, 5.41) is 3.09. The molecule has 1 aliphatic heterocycles. The highest BCUT2D eigenvalue weighted by atomic mass is 16.5. The Morgan fingerprint density at radius 3 is 2.59 bits per heavy atom. The zero-order valence-electron chi connectivity index (χ0n) is 16.4. The number of aryl methyl sites for hydroxylation is 1. The van der Waals surface area contributed by atoms with E-state index in [2.05, 4.69) is 15.3 Å². The predicted octanol–water partition coefficient (Wildman–Crippen LogP) is 1.62. The molecule has 1 aromatic heterocycles. The van der Waals surface area contributed by atoms with E-state index in [-0.39, 0.29) is 18.2 Å². The summed E-state index contributed by atoms with van der Waals surface area (Å²) in [6.45, 7) is 5.62. The van der Waals surface area contributed by atoms with Crippen LogP contribution < -0.4 is 5.32 Å². The first kappa shape index (κ1) is 20.2. The summed E-state index contributed by atoms with van der Waals surface area (Å²) < 4.78 is 5.09. The lowest BCUT2D eigenvalue weighted by molar-refractivity contribution is -0.119. The van der Waals surface area contributed by atoms with E-state index in [0.717, 1.165) is 6.41 Å². The molecule has 3 rings (SSSR count). The molecule has 2 aromatic rings. The van der Waals surface area contributed by atoms with Crippen molar-refractivity contribution in [2.24, 2.45) is 0 Å². The number of hydrogen-bond donors (Lipinski definition) is 1. The second-order valence-electron chi connectivity index (χ2n) is 6.51. The van der Waals surface area contributed by atoms with E-state index in [0.29, 0.717) is 49.1 Å². The van der Waals surface area contributed by atoms with Crippen LogP contribution in [0.5, 0.6) is 0 Å². The molecular weight excluding hydrogens is 374 g/mol. The summed E-state index contributed by atoms with van der Waals surface area (Å²) in [6.07, 6.45) is 0.791. The summed E-state index contributed by atoms with van der Waals surface area (Å²) in [6, 6.07) is 8.49. The number of aromatic nitrogens is 2. The largest absolute Gasteiger partial charge is 0.462 e. The van der Waals surface area contributed by atoms with Crippen molar-refractivity contribution >= 4 is 29.8 Å². The van der Waals surface area contributed by atoms with Crippen LogP contribution in [-0.2, 0) is 9.53 Å². The Bertz CT molecular complexity index is 909. The van der Waals surface area contributed by atoms with Crippen molar-refractivity contribution in [3.05, 3.63) is 47.4 Å². The molecule has 1 saturated heterocycles. The number of hydrogen-bond acceptors (Lipinski definition) is 7. The molecule has 0 radical (unpaired) electrons. The first-order valence-corrected chi connectivity index (χ1v) is 9.39. The lowest BCUT2D eigenvalue weighted by atomic mass is 10.1. The standard InChI is InChI=1S/C20H23N5O4/c1-3-29-20(28)15-6-4-5-7-16(15)23-18-12-17(21-14(2)22-18)19(27)25-10-8-24(13-26)9-11-25/h4-7,12-13H,3,8-11H2,1-2H3,(H,21,22,23). The van der Waals surface area contributed by atoms with E-state index in [4.69, 9.17) is 4.74 Å². The maximum absolute atomic E-state index is 12.8. The Kier molecular flexibility index (Phi) is 6.38. The van der Waals surface area contributed by atoms with Crippen molar-refractivity contribution < 1.29 is 19.1 Å². The first-order chi connectivity index (χ1) is 14.0. The molecular formula is C20H23N5O4. The Labute approximate surface area is 168 Å². The maximum atomic E-state index is 12.8. The molecule has 9 heteroatoms. The summed E-state index contributed by atoms with van der Waals surface area (Å²) >= 11 is 0. The van der Waals surface area contributed by atoms with Crippen molar-refractivity contribution in [2.45, 2.75) is 13.8 Å². The quantitative estimate of drug-likeness (QED) is 0.583. The van der Waals surface area contributed by atoms with Crippen LogP contribution in [0.4, 0.5) is 11.5 Å². The third kappa shape index (κ3) is 4.87. The lowest BCUT2D eigenvalue weighted by Crippen LogP contribution is -2.48. The van der Waals surface area contributed by atoms with Crippen LogP contribution >= 0.6 is 0 Å². The van der Waals surface area contributed by atoms with Gasteiger partial charge in [-0.2, -0.15) is 0 Å². The number of para-hydroxylation sites is 1. The third-order valence-electron chi connectivity index (χ3n) is 4.49. The summed E-state index contributed by atoms with van der Waals surface area (Å²) in [7, 11) is 0. The number of benzene rings is 1. The van der Waals surface area contributed by atoms with Crippen molar-refractivity contribution in [1.29, 1.82) is 0 Å². The fraction of sp³-hybridized carbons (Fsp3) is 0.350. The smallest absolute Gasteiger partial charge is 0.340 e. The summed E-state index contributed by atoms with van der Waals surface area (Å²) in [4.78, 5) is 47.7. The molecule has 1 aromatic carbocycles. The molecule has 0 aliphatic carbocycles. The van der Waals surface area contributed by atoms with E-state index in [1.165, 1.54) is 0 Å².